The first-order valence-corrected chi connectivity index (χ1v) is 14.3. The van der Waals surface area contributed by atoms with Gasteiger partial charge in [-0.3, -0.25) is 0 Å². The van der Waals surface area contributed by atoms with Gasteiger partial charge in [0.2, 0.25) is 9.84 Å². The Bertz CT molecular complexity index is 1330. The maximum Gasteiger partial charge on any atom is 0.210 e. The van der Waals surface area contributed by atoms with E-state index in [2.05, 4.69) is 95.6 Å². The molecule has 0 heterocycles. The molecule has 0 saturated carbocycles. The second-order valence-corrected chi connectivity index (χ2v) is 12.7. The van der Waals surface area contributed by atoms with Crippen molar-refractivity contribution in [2.75, 3.05) is 0 Å². The molecule has 148 valence electrons. The maximum atomic E-state index is 14.1. The van der Waals surface area contributed by atoms with E-state index >= 15 is 0 Å². The zero-order chi connectivity index (χ0) is 21.1. The van der Waals surface area contributed by atoms with Crippen molar-refractivity contribution in [1.82, 2.24) is 0 Å². The van der Waals surface area contributed by atoms with Crippen molar-refractivity contribution < 1.29 is 8.42 Å². The van der Waals surface area contributed by atoms with Crippen LogP contribution < -0.4 is 0 Å². The van der Waals surface area contributed by atoms with Crippen molar-refractivity contribution in [1.29, 1.82) is 0 Å². The van der Waals surface area contributed by atoms with Crippen LogP contribution in [-0.4, -0.2) is 8.42 Å². The number of hydrogen-bond acceptors (Lipinski definition) is 2. The molecule has 0 fully saturated rings. The minimum Gasteiger partial charge on any atom is -0.218 e. The molecule has 0 radical (unpaired) electrons. The Hall–Kier alpha value is 0.230. The van der Waals surface area contributed by atoms with Crippen LogP contribution in [0.4, 0.5) is 0 Å². The average Bonchev–Trinajstić information content (AvgIpc) is 2.70. The van der Waals surface area contributed by atoms with E-state index < -0.39 is 9.84 Å². The van der Waals surface area contributed by atoms with Crippen LogP contribution >= 0.6 is 95.6 Å². The Kier molecular flexibility index (Phi) is 6.42. The fraction of sp³-hybridized carbons (Fsp3) is 0. The highest BCUT2D eigenvalue weighted by atomic mass is 79.9. The summed E-state index contributed by atoms with van der Waals surface area (Å²) in [5.74, 6) is 0. The molecule has 29 heavy (non-hydrogen) atoms. The van der Waals surface area contributed by atoms with E-state index in [-0.39, 0.29) is 9.79 Å². The second kappa shape index (κ2) is 8.30. The van der Waals surface area contributed by atoms with Gasteiger partial charge >= 0.3 is 0 Å². The summed E-state index contributed by atoms with van der Waals surface area (Å²) in [6.07, 6.45) is 0. The zero-order valence-electron chi connectivity index (χ0n) is 14.1. The predicted octanol–water partition coefficient (Wildman–Crippen LogP) is 9.40. The van der Waals surface area contributed by atoms with E-state index in [1.807, 2.05) is 48.5 Å². The average molecular weight is 792 g/mol. The highest BCUT2D eigenvalue weighted by Gasteiger charge is 2.31. The van der Waals surface area contributed by atoms with Gasteiger partial charge in [0.25, 0.3) is 0 Å². The third-order valence-electron chi connectivity index (χ3n) is 4.52. The fourth-order valence-electron chi connectivity index (χ4n) is 3.24. The van der Waals surface area contributed by atoms with E-state index in [1.54, 1.807) is 0 Å². The Labute approximate surface area is 218 Å². The number of hydrogen-bond donors (Lipinski definition) is 0. The Balaban J connectivity index is 2.23. The molecule has 0 aliphatic rings. The molecule has 4 aromatic rings. The largest absolute Gasteiger partial charge is 0.218 e. The Morgan fingerprint density at radius 2 is 0.759 bits per heavy atom. The van der Waals surface area contributed by atoms with Crippen molar-refractivity contribution in [2.24, 2.45) is 0 Å². The molecule has 0 aromatic heterocycles. The normalized spacial score (nSPS) is 12.1. The molecule has 0 spiro atoms. The quantitative estimate of drug-likeness (QED) is 0.190. The number of benzene rings is 4. The summed E-state index contributed by atoms with van der Waals surface area (Å²) in [5, 5.41) is 2.87. The number of sulfone groups is 1. The predicted molar refractivity (Wildman–Crippen MR) is 140 cm³/mol. The maximum absolute atomic E-state index is 14.1. The van der Waals surface area contributed by atoms with Crippen LogP contribution in [0, 0.1) is 0 Å². The lowest BCUT2D eigenvalue weighted by Crippen LogP contribution is -2.07. The van der Waals surface area contributed by atoms with E-state index in [0.29, 0.717) is 28.7 Å². The molecule has 0 N–H and O–H groups in total. The van der Waals surface area contributed by atoms with Gasteiger partial charge in [-0.2, -0.15) is 0 Å². The monoisotopic (exact) mass is 786 g/mol. The van der Waals surface area contributed by atoms with E-state index in [4.69, 9.17) is 0 Å². The number of rotatable bonds is 2. The first kappa shape index (κ1) is 22.4. The smallest absolute Gasteiger partial charge is 0.210 e. The van der Waals surface area contributed by atoms with Gasteiger partial charge in [-0.1, -0.05) is 48.5 Å². The third kappa shape index (κ3) is 3.52. The molecule has 0 atom stereocenters. The summed E-state index contributed by atoms with van der Waals surface area (Å²) in [5.41, 5.74) is 0. The molecule has 4 aromatic carbocycles. The van der Waals surface area contributed by atoms with Gasteiger partial charge in [-0.25, -0.2) is 8.42 Å². The zero-order valence-corrected chi connectivity index (χ0v) is 24.4. The lowest BCUT2D eigenvalue weighted by molar-refractivity contribution is 0.597. The van der Waals surface area contributed by atoms with Crippen molar-refractivity contribution in [3.05, 3.63) is 75.4 Å². The van der Waals surface area contributed by atoms with Crippen molar-refractivity contribution >= 4 is 127 Å². The summed E-state index contributed by atoms with van der Waals surface area (Å²) in [6, 6.07) is 14.8. The van der Waals surface area contributed by atoms with Gasteiger partial charge in [0.1, 0.15) is 0 Å². The molecule has 0 saturated heterocycles. The molecule has 0 bridgehead atoms. The fourth-order valence-corrected chi connectivity index (χ4v) is 9.86. The lowest BCUT2D eigenvalue weighted by atomic mass is 10.1. The molecular weight excluding hydrogens is 784 g/mol. The summed E-state index contributed by atoms with van der Waals surface area (Å²) >= 11 is 21.2. The number of fused-ring (bicyclic) bond motifs is 2. The van der Waals surface area contributed by atoms with Gasteiger partial charge in [-0.15, -0.1) is 0 Å². The molecule has 9 heteroatoms. The molecule has 0 aliphatic carbocycles. The first-order valence-electron chi connectivity index (χ1n) is 8.03. The van der Waals surface area contributed by atoms with Crippen molar-refractivity contribution in [2.45, 2.75) is 9.79 Å². The van der Waals surface area contributed by atoms with E-state index in [9.17, 15) is 8.42 Å². The van der Waals surface area contributed by atoms with Crippen LogP contribution in [0.25, 0.3) is 21.5 Å². The summed E-state index contributed by atoms with van der Waals surface area (Å²) < 4.78 is 32.0. The van der Waals surface area contributed by atoms with Crippen LogP contribution in [0.1, 0.15) is 0 Å². The number of halogens is 6. The van der Waals surface area contributed by atoms with Crippen molar-refractivity contribution in [3.8, 4) is 0 Å². The van der Waals surface area contributed by atoms with Crippen LogP contribution in [0.2, 0.25) is 0 Å². The van der Waals surface area contributed by atoms with Gasteiger partial charge in [-0.05, 0) is 106 Å². The lowest BCUT2D eigenvalue weighted by Gasteiger charge is -2.18. The minimum atomic E-state index is -3.93. The van der Waals surface area contributed by atoms with E-state index in [0.717, 1.165) is 19.7 Å². The SMILES string of the molecule is O=S(=O)(c1c(Br)c(Br)c(Br)c2ccccc12)c1c(Br)c(Br)c(Br)c2ccccc12. The van der Waals surface area contributed by atoms with Crippen LogP contribution in [0.3, 0.4) is 0 Å². The molecule has 0 aliphatic heterocycles. The van der Waals surface area contributed by atoms with Crippen LogP contribution in [0.15, 0.2) is 85.2 Å². The van der Waals surface area contributed by atoms with Gasteiger partial charge < -0.3 is 0 Å². The molecule has 0 unspecified atom stereocenters. The minimum absolute atomic E-state index is 0.211. The Morgan fingerprint density at radius 1 is 0.448 bits per heavy atom. The highest BCUT2D eigenvalue weighted by Crippen LogP contribution is 2.49. The summed E-state index contributed by atoms with van der Waals surface area (Å²) in [6.45, 7) is 0. The summed E-state index contributed by atoms with van der Waals surface area (Å²) in [4.78, 5) is 0.423. The molecular formula is C20H8Br6O2S. The molecule has 0 amide bonds. The van der Waals surface area contributed by atoms with E-state index in [1.165, 1.54) is 0 Å². The Morgan fingerprint density at radius 3 is 1.10 bits per heavy atom. The highest BCUT2D eigenvalue weighted by molar-refractivity contribution is 9.15. The van der Waals surface area contributed by atoms with Gasteiger partial charge in [0, 0.05) is 28.7 Å². The van der Waals surface area contributed by atoms with Crippen molar-refractivity contribution in [3.63, 3.8) is 0 Å². The first-order chi connectivity index (χ1) is 13.7. The van der Waals surface area contributed by atoms with Gasteiger partial charge in [0.15, 0.2) is 0 Å². The van der Waals surface area contributed by atoms with Gasteiger partial charge in [0.05, 0.1) is 18.7 Å². The second-order valence-electron chi connectivity index (χ2n) is 6.14. The topological polar surface area (TPSA) is 34.1 Å². The van der Waals surface area contributed by atoms with Crippen LogP contribution in [0.5, 0.6) is 0 Å². The van der Waals surface area contributed by atoms with Crippen LogP contribution in [-0.2, 0) is 9.84 Å². The summed E-state index contributed by atoms with van der Waals surface area (Å²) in [7, 11) is -3.93. The standard InChI is InChI=1S/C20H8Br6O2S/c21-13-9-5-1-3-7-11(9)19(17(25)15(13)23)29(27,28)20-12-8-4-2-6-10(12)14(22)16(24)18(20)26/h1-8H. The molecule has 4 rings (SSSR count). The molecule has 2 nitrogen and oxygen atoms in total. The third-order valence-corrected chi connectivity index (χ3v) is 13.9.